The quantitative estimate of drug-likeness (QED) is 0.574. The molecule has 5 heteroatoms. The van der Waals surface area contributed by atoms with E-state index in [0.29, 0.717) is 6.61 Å². The van der Waals surface area contributed by atoms with Crippen LogP contribution in [-0.4, -0.2) is 51.1 Å². The van der Waals surface area contributed by atoms with Gasteiger partial charge in [0.05, 0.1) is 5.88 Å². The van der Waals surface area contributed by atoms with E-state index in [0.717, 1.165) is 18.5 Å². The van der Waals surface area contributed by atoms with Crippen LogP contribution in [0.5, 0.6) is 0 Å². The smallest absolute Gasteiger partial charge is 0.192 e. The van der Waals surface area contributed by atoms with Crippen molar-refractivity contribution in [1.29, 1.82) is 0 Å². The van der Waals surface area contributed by atoms with E-state index in [-0.39, 0.29) is 22.7 Å². The molecule has 0 saturated heterocycles. The van der Waals surface area contributed by atoms with Gasteiger partial charge >= 0.3 is 0 Å². The first-order valence-electron chi connectivity index (χ1n) is 7.21. The molecular formula is C15H28ClNO2Si. The van der Waals surface area contributed by atoms with Gasteiger partial charge in [0, 0.05) is 19.2 Å². The van der Waals surface area contributed by atoms with Crippen molar-refractivity contribution in [2.75, 3.05) is 26.1 Å². The molecule has 1 aliphatic rings. The fraction of sp³-hybridized carbons (Fsp3) is 0.800. The summed E-state index contributed by atoms with van der Waals surface area (Å²) in [6, 6.07) is 0.274. The summed E-state index contributed by atoms with van der Waals surface area (Å²) in [7, 11) is 0.348. The molecule has 116 valence electrons. The zero-order chi connectivity index (χ0) is 15.6. The Morgan fingerprint density at radius 2 is 2.10 bits per heavy atom. The van der Waals surface area contributed by atoms with E-state index < -0.39 is 8.32 Å². The predicted octanol–water partition coefficient (Wildman–Crippen LogP) is 3.45. The first kappa shape index (κ1) is 17.9. The van der Waals surface area contributed by atoms with Gasteiger partial charge in [0.15, 0.2) is 14.1 Å². The highest BCUT2D eigenvalue weighted by Gasteiger charge is 2.38. The number of alkyl halides is 1. The van der Waals surface area contributed by atoms with Gasteiger partial charge in [-0.25, -0.2) is 0 Å². The lowest BCUT2D eigenvalue weighted by Gasteiger charge is -2.39. The fourth-order valence-corrected chi connectivity index (χ4v) is 3.13. The second kappa shape index (κ2) is 6.73. The van der Waals surface area contributed by atoms with Crippen molar-refractivity contribution in [3.05, 3.63) is 11.6 Å². The molecule has 3 nitrogen and oxygen atoms in total. The minimum atomic E-state index is -1.73. The summed E-state index contributed by atoms with van der Waals surface area (Å²) in [5.41, 5.74) is 0.863. The van der Waals surface area contributed by atoms with Gasteiger partial charge in [0.25, 0.3) is 0 Å². The van der Waals surface area contributed by atoms with Gasteiger partial charge in [-0.2, -0.15) is 0 Å². The summed E-state index contributed by atoms with van der Waals surface area (Å²) in [6.45, 7) is 12.7. The number of ketones is 1. The van der Waals surface area contributed by atoms with Crippen LogP contribution in [0.4, 0.5) is 0 Å². The Kier molecular flexibility index (Phi) is 6.02. The third-order valence-electron chi connectivity index (χ3n) is 4.63. The van der Waals surface area contributed by atoms with Crippen LogP contribution in [0, 0.1) is 0 Å². The van der Waals surface area contributed by atoms with Crippen LogP contribution in [0.15, 0.2) is 11.6 Å². The van der Waals surface area contributed by atoms with Crippen molar-refractivity contribution >= 4 is 25.7 Å². The Labute approximate surface area is 129 Å². The molecular weight excluding hydrogens is 290 g/mol. The second-order valence-electron chi connectivity index (χ2n) is 7.16. The molecule has 0 fully saturated rings. The van der Waals surface area contributed by atoms with Crippen LogP contribution in [-0.2, 0) is 9.22 Å². The molecule has 0 N–H and O–H groups in total. The van der Waals surface area contributed by atoms with Crippen molar-refractivity contribution in [1.82, 2.24) is 4.90 Å². The van der Waals surface area contributed by atoms with Crippen LogP contribution >= 0.6 is 11.6 Å². The third-order valence-corrected chi connectivity index (χ3v) is 9.37. The summed E-state index contributed by atoms with van der Waals surface area (Å²) in [6.07, 6.45) is 2.74. The Balaban J connectivity index is 2.65. The highest BCUT2D eigenvalue weighted by atomic mass is 35.5. The number of rotatable bonds is 5. The number of halogens is 1. The highest BCUT2D eigenvalue weighted by molar-refractivity contribution is 6.74. The molecule has 20 heavy (non-hydrogen) atoms. The molecule has 1 rings (SSSR count). The molecule has 1 atom stereocenters. The zero-order valence-corrected chi connectivity index (χ0v) is 15.4. The molecule has 0 bridgehead atoms. The summed E-state index contributed by atoms with van der Waals surface area (Å²) >= 11 is 5.65. The maximum Gasteiger partial charge on any atom is 0.192 e. The lowest BCUT2D eigenvalue weighted by atomic mass is 9.98. The topological polar surface area (TPSA) is 29.5 Å². The lowest BCUT2D eigenvalue weighted by Crippen LogP contribution is -2.47. The van der Waals surface area contributed by atoms with Gasteiger partial charge in [-0.15, -0.1) is 11.6 Å². The first-order valence-corrected chi connectivity index (χ1v) is 10.6. The van der Waals surface area contributed by atoms with Crippen molar-refractivity contribution in [3.63, 3.8) is 0 Å². The van der Waals surface area contributed by atoms with Crippen molar-refractivity contribution in [2.45, 2.75) is 51.4 Å². The monoisotopic (exact) mass is 317 g/mol. The number of hydrogen-bond acceptors (Lipinski definition) is 3. The van der Waals surface area contributed by atoms with E-state index in [2.05, 4.69) is 45.8 Å². The predicted molar refractivity (Wildman–Crippen MR) is 88.0 cm³/mol. The zero-order valence-electron chi connectivity index (χ0n) is 13.6. The largest absolute Gasteiger partial charge is 0.415 e. The average Bonchev–Trinajstić information content (AvgIpc) is 2.35. The maximum absolute atomic E-state index is 11.7. The van der Waals surface area contributed by atoms with E-state index in [1.807, 2.05) is 6.08 Å². The van der Waals surface area contributed by atoms with Crippen LogP contribution in [0.2, 0.25) is 18.1 Å². The number of nitrogens with zero attached hydrogens (tertiary/aromatic N) is 1. The van der Waals surface area contributed by atoms with Gasteiger partial charge in [-0.05, 0) is 37.2 Å². The maximum atomic E-state index is 11.7. The van der Waals surface area contributed by atoms with Gasteiger partial charge in [0.2, 0.25) is 0 Å². The first-order chi connectivity index (χ1) is 9.08. The molecule has 0 aromatic heterocycles. The second-order valence-corrected chi connectivity index (χ2v) is 12.2. The molecule has 0 aliphatic carbocycles. The van der Waals surface area contributed by atoms with E-state index in [4.69, 9.17) is 16.0 Å². The van der Waals surface area contributed by atoms with Gasteiger partial charge in [-0.3, -0.25) is 9.69 Å². The standard InChI is InChI=1S/C15H28ClNO2Si/c1-15(2,3)20(5,6)19-11-13-9-12(14(18)10-16)7-8-17(13)4/h7,13H,8-11H2,1-6H3/t13-/m1/s1. The van der Waals surface area contributed by atoms with Crippen molar-refractivity contribution in [2.24, 2.45) is 0 Å². The molecule has 0 unspecified atom stereocenters. The summed E-state index contributed by atoms with van der Waals surface area (Å²) in [4.78, 5) is 14.0. The average molecular weight is 318 g/mol. The normalized spacial score (nSPS) is 21.8. The number of carbonyl (C=O) groups excluding carboxylic acids is 1. The van der Waals surface area contributed by atoms with Crippen LogP contribution in [0.25, 0.3) is 0 Å². The third kappa shape index (κ3) is 4.42. The number of Topliss-reactive ketones (excluding diaryl/α,β-unsaturated/α-hetero) is 1. The minimum absolute atomic E-state index is 0.0529. The lowest BCUT2D eigenvalue weighted by molar-refractivity contribution is -0.113. The highest BCUT2D eigenvalue weighted by Crippen LogP contribution is 2.37. The SMILES string of the molecule is CN1CC=C(C(=O)CCl)C[C@@H]1CO[Si](C)(C)C(C)(C)C. The number of likely N-dealkylation sites (N-methyl/N-ethyl adjacent to an activating group) is 1. The van der Waals surface area contributed by atoms with Crippen LogP contribution in [0.1, 0.15) is 27.2 Å². The van der Waals surface area contributed by atoms with Crippen molar-refractivity contribution in [3.8, 4) is 0 Å². The van der Waals surface area contributed by atoms with E-state index in [9.17, 15) is 4.79 Å². The van der Waals surface area contributed by atoms with E-state index in [1.54, 1.807) is 0 Å². The molecule has 0 radical (unpaired) electrons. The van der Waals surface area contributed by atoms with Crippen LogP contribution in [0.3, 0.4) is 0 Å². The Hall–Kier alpha value is -0.163. The molecule has 0 aromatic rings. The Morgan fingerprint density at radius 3 is 2.60 bits per heavy atom. The molecule has 0 spiro atoms. The van der Waals surface area contributed by atoms with E-state index >= 15 is 0 Å². The fourth-order valence-electron chi connectivity index (χ4n) is 1.92. The molecule has 1 aliphatic heterocycles. The van der Waals surface area contributed by atoms with Crippen molar-refractivity contribution < 1.29 is 9.22 Å². The number of hydrogen-bond donors (Lipinski definition) is 0. The number of carbonyl (C=O) groups is 1. The molecule has 0 aromatic carbocycles. The molecule has 0 saturated carbocycles. The van der Waals surface area contributed by atoms with Gasteiger partial charge in [-0.1, -0.05) is 26.8 Å². The van der Waals surface area contributed by atoms with Gasteiger partial charge < -0.3 is 4.43 Å². The van der Waals surface area contributed by atoms with E-state index in [1.165, 1.54) is 0 Å². The minimum Gasteiger partial charge on any atom is -0.415 e. The summed E-state index contributed by atoms with van der Waals surface area (Å²) < 4.78 is 6.29. The Bertz CT molecular complexity index is 388. The Morgan fingerprint density at radius 1 is 1.50 bits per heavy atom. The molecule has 1 heterocycles. The van der Waals surface area contributed by atoms with Gasteiger partial charge in [0.1, 0.15) is 0 Å². The van der Waals surface area contributed by atoms with Crippen LogP contribution < -0.4 is 0 Å². The molecule has 0 amide bonds. The summed E-state index contributed by atoms with van der Waals surface area (Å²) in [5, 5.41) is 0.213. The summed E-state index contributed by atoms with van der Waals surface area (Å²) in [5.74, 6) is 0.128.